The van der Waals surface area contributed by atoms with Crippen molar-refractivity contribution in [2.45, 2.75) is 33.3 Å². The number of benzene rings is 2. The van der Waals surface area contributed by atoms with Crippen molar-refractivity contribution in [3.63, 3.8) is 0 Å². The maximum atomic E-state index is 12.8. The van der Waals surface area contributed by atoms with E-state index in [-0.39, 0.29) is 18.1 Å². The second kappa shape index (κ2) is 8.71. The van der Waals surface area contributed by atoms with Gasteiger partial charge in [0.2, 0.25) is 5.78 Å². The first-order valence-corrected chi connectivity index (χ1v) is 9.77. The molecular formula is C24H26O7. The fourth-order valence-electron chi connectivity index (χ4n) is 3.13. The maximum Gasteiger partial charge on any atom is 0.344 e. The molecule has 164 valence electrons. The van der Waals surface area contributed by atoms with Gasteiger partial charge in [0, 0.05) is 5.56 Å². The van der Waals surface area contributed by atoms with Gasteiger partial charge in [0.05, 0.1) is 19.8 Å². The average molecular weight is 426 g/mol. The van der Waals surface area contributed by atoms with E-state index in [1.807, 2.05) is 0 Å². The molecule has 0 saturated heterocycles. The molecule has 1 heterocycles. The maximum absolute atomic E-state index is 12.8. The van der Waals surface area contributed by atoms with Crippen LogP contribution in [0.25, 0.3) is 6.08 Å². The number of carbonyl (C=O) groups excluding carboxylic acids is 2. The van der Waals surface area contributed by atoms with Gasteiger partial charge >= 0.3 is 5.97 Å². The van der Waals surface area contributed by atoms with Gasteiger partial charge in [0.1, 0.15) is 17.1 Å². The molecule has 7 nitrogen and oxygen atoms in total. The summed E-state index contributed by atoms with van der Waals surface area (Å²) in [5.74, 6) is 1.49. The molecule has 2 aromatic rings. The summed E-state index contributed by atoms with van der Waals surface area (Å²) in [5.41, 5.74) is 1.21. The van der Waals surface area contributed by atoms with E-state index in [1.54, 1.807) is 78.3 Å². The normalized spacial score (nSPS) is 14.1. The van der Waals surface area contributed by atoms with Crippen LogP contribution in [0.5, 0.6) is 23.0 Å². The van der Waals surface area contributed by atoms with E-state index in [0.29, 0.717) is 34.1 Å². The lowest BCUT2D eigenvalue weighted by atomic mass is 10.1. The van der Waals surface area contributed by atoms with Gasteiger partial charge in [-0.25, -0.2) is 4.79 Å². The summed E-state index contributed by atoms with van der Waals surface area (Å²) in [6.45, 7) is 6.90. The first-order chi connectivity index (χ1) is 14.6. The summed E-state index contributed by atoms with van der Waals surface area (Å²) in [6.07, 6.45) is 1.64. The minimum Gasteiger partial charge on any atom is -0.493 e. The van der Waals surface area contributed by atoms with Gasteiger partial charge in [-0.1, -0.05) is 6.07 Å². The predicted molar refractivity (Wildman–Crippen MR) is 115 cm³/mol. The molecule has 0 fully saturated rings. The number of methoxy groups -OCH3 is 2. The number of fused-ring (bicyclic) bond motifs is 1. The second-order valence-electron chi connectivity index (χ2n) is 7.99. The van der Waals surface area contributed by atoms with Crippen molar-refractivity contribution in [2.75, 3.05) is 20.8 Å². The molecule has 0 aliphatic carbocycles. The molecular weight excluding hydrogens is 400 g/mol. The zero-order valence-corrected chi connectivity index (χ0v) is 18.5. The Kier molecular flexibility index (Phi) is 6.24. The van der Waals surface area contributed by atoms with Crippen LogP contribution in [0.15, 0.2) is 36.1 Å². The van der Waals surface area contributed by atoms with Gasteiger partial charge in [-0.2, -0.15) is 0 Å². The van der Waals surface area contributed by atoms with E-state index in [2.05, 4.69) is 0 Å². The van der Waals surface area contributed by atoms with Crippen LogP contribution in [0.3, 0.4) is 0 Å². The molecule has 0 N–H and O–H groups in total. The number of carbonyl (C=O) groups is 2. The van der Waals surface area contributed by atoms with Crippen LogP contribution in [0.4, 0.5) is 0 Å². The second-order valence-corrected chi connectivity index (χ2v) is 7.99. The van der Waals surface area contributed by atoms with Gasteiger partial charge in [0.15, 0.2) is 23.9 Å². The lowest BCUT2D eigenvalue weighted by molar-refractivity contribution is -0.157. The van der Waals surface area contributed by atoms with Crippen LogP contribution >= 0.6 is 0 Å². The predicted octanol–water partition coefficient (Wildman–Crippen LogP) is 4.35. The van der Waals surface area contributed by atoms with Crippen molar-refractivity contribution in [1.82, 2.24) is 0 Å². The lowest BCUT2D eigenvalue weighted by Crippen LogP contribution is -2.27. The van der Waals surface area contributed by atoms with Crippen LogP contribution in [0, 0.1) is 6.92 Å². The summed E-state index contributed by atoms with van der Waals surface area (Å²) in [6, 6.07) is 8.60. The van der Waals surface area contributed by atoms with Crippen molar-refractivity contribution in [3.8, 4) is 23.0 Å². The van der Waals surface area contributed by atoms with Crippen LogP contribution in [0.1, 0.15) is 42.3 Å². The molecule has 31 heavy (non-hydrogen) atoms. The Hall–Kier alpha value is -3.48. The molecule has 1 aliphatic heterocycles. The smallest absolute Gasteiger partial charge is 0.344 e. The number of ketones is 1. The number of rotatable bonds is 6. The third-order valence-corrected chi connectivity index (χ3v) is 4.51. The first-order valence-electron chi connectivity index (χ1n) is 9.77. The number of hydrogen-bond acceptors (Lipinski definition) is 7. The van der Waals surface area contributed by atoms with Crippen LogP contribution in [-0.4, -0.2) is 38.2 Å². The number of Topliss-reactive ketones (excluding diaryl/α,β-unsaturated/α-hetero) is 1. The minimum absolute atomic E-state index is 0.189. The highest BCUT2D eigenvalue weighted by Gasteiger charge is 2.30. The summed E-state index contributed by atoms with van der Waals surface area (Å²) in [5, 5.41) is 0. The van der Waals surface area contributed by atoms with Gasteiger partial charge in [0.25, 0.3) is 0 Å². The zero-order valence-electron chi connectivity index (χ0n) is 18.5. The van der Waals surface area contributed by atoms with Crippen molar-refractivity contribution < 1.29 is 33.3 Å². The molecule has 0 amide bonds. The van der Waals surface area contributed by atoms with Crippen molar-refractivity contribution in [2.24, 2.45) is 0 Å². The van der Waals surface area contributed by atoms with E-state index in [0.717, 1.165) is 5.56 Å². The Morgan fingerprint density at radius 3 is 2.35 bits per heavy atom. The van der Waals surface area contributed by atoms with E-state index in [4.69, 9.17) is 23.7 Å². The molecule has 1 aliphatic rings. The van der Waals surface area contributed by atoms with E-state index in [1.165, 1.54) is 0 Å². The molecule has 0 unspecified atom stereocenters. The summed E-state index contributed by atoms with van der Waals surface area (Å²) < 4.78 is 27.2. The fourth-order valence-corrected chi connectivity index (χ4v) is 3.13. The Labute approximate surface area is 181 Å². The molecule has 0 bridgehead atoms. The van der Waals surface area contributed by atoms with E-state index in [9.17, 15) is 9.59 Å². The number of hydrogen-bond donors (Lipinski definition) is 0. The van der Waals surface area contributed by atoms with Gasteiger partial charge < -0.3 is 23.7 Å². The van der Waals surface area contributed by atoms with E-state index < -0.39 is 11.6 Å². The Morgan fingerprint density at radius 1 is 1.03 bits per heavy atom. The third kappa shape index (κ3) is 4.99. The lowest BCUT2D eigenvalue weighted by Gasteiger charge is -2.19. The first kappa shape index (κ1) is 22.2. The SMILES string of the molecule is COc1ccc(/C=C2\Oc3c(ccc(OCC(=O)OC(C)(C)C)c3C)C2=O)cc1OC. The molecule has 0 aromatic heterocycles. The molecule has 0 radical (unpaired) electrons. The summed E-state index contributed by atoms with van der Waals surface area (Å²) in [7, 11) is 3.10. The van der Waals surface area contributed by atoms with Crippen molar-refractivity contribution in [1.29, 1.82) is 0 Å². The monoisotopic (exact) mass is 426 g/mol. The Morgan fingerprint density at radius 2 is 1.71 bits per heavy atom. The van der Waals surface area contributed by atoms with Crippen LogP contribution in [0.2, 0.25) is 0 Å². The molecule has 2 aromatic carbocycles. The topological polar surface area (TPSA) is 80.3 Å². The van der Waals surface area contributed by atoms with Crippen molar-refractivity contribution >= 4 is 17.8 Å². The fraction of sp³-hybridized carbons (Fsp3) is 0.333. The molecule has 0 saturated carbocycles. The van der Waals surface area contributed by atoms with Gasteiger partial charge in [-0.15, -0.1) is 0 Å². The standard InChI is InChI=1S/C24H26O7/c1-14-17(29-13-21(25)31-24(2,3)4)10-8-16-22(26)20(30-23(14)16)12-15-7-9-18(27-5)19(11-15)28-6/h7-12H,13H2,1-6H3/b20-12-. The minimum atomic E-state index is -0.590. The highest BCUT2D eigenvalue weighted by molar-refractivity contribution is 6.15. The number of ether oxygens (including phenoxy) is 5. The highest BCUT2D eigenvalue weighted by Crippen LogP contribution is 2.39. The molecule has 0 spiro atoms. The Bertz CT molecular complexity index is 1040. The average Bonchev–Trinajstić information content (AvgIpc) is 3.02. The third-order valence-electron chi connectivity index (χ3n) is 4.51. The molecule has 3 rings (SSSR count). The quantitative estimate of drug-likeness (QED) is 0.502. The highest BCUT2D eigenvalue weighted by atomic mass is 16.6. The molecule has 0 atom stereocenters. The summed E-state index contributed by atoms with van der Waals surface area (Å²) >= 11 is 0. The van der Waals surface area contributed by atoms with Crippen molar-refractivity contribution in [3.05, 3.63) is 52.8 Å². The Balaban J connectivity index is 1.80. The van der Waals surface area contributed by atoms with Gasteiger partial charge in [-0.3, -0.25) is 4.79 Å². The largest absolute Gasteiger partial charge is 0.493 e. The summed E-state index contributed by atoms with van der Waals surface area (Å²) in [4.78, 5) is 24.7. The molecule has 7 heteroatoms. The zero-order chi connectivity index (χ0) is 22.8. The number of allylic oxidation sites excluding steroid dienone is 1. The van der Waals surface area contributed by atoms with Gasteiger partial charge in [-0.05, 0) is 63.6 Å². The number of esters is 1. The van der Waals surface area contributed by atoms with Crippen LogP contribution in [-0.2, 0) is 9.53 Å². The van der Waals surface area contributed by atoms with Crippen LogP contribution < -0.4 is 18.9 Å². The van der Waals surface area contributed by atoms with E-state index >= 15 is 0 Å².